The Labute approximate surface area is 111 Å². The van der Waals surface area contributed by atoms with Crippen LogP contribution in [0, 0.1) is 6.92 Å². The molecule has 0 spiro atoms. The van der Waals surface area contributed by atoms with Gasteiger partial charge in [-0.25, -0.2) is 4.79 Å². The number of nitrogens with zero attached hydrogens (tertiary/aromatic N) is 1. The van der Waals surface area contributed by atoms with E-state index in [1.807, 2.05) is 19.1 Å². The lowest BCUT2D eigenvalue weighted by atomic mass is 10.1. The molecule has 0 atom stereocenters. The molecule has 0 saturated heterocycles. The summed E-state index contributed by atoms with van der Waals surface area (Å²) in [5.74, 6) is -0.695. The third kappa shape index (κ3) is 2.91. The van der Waals surface area contributed by atoms with Crippen molar-refractivity contribution in [3.05, 3.63) is 59.4 Å². The van der Waals surface area contributed by atoms with Crippen LogP contribution in [0.3, 0.4) is 0 Å². The molecule has 0 unspecified atom stereocenters. The van der Waals surface area contributed by atoms with Gasteiger partial charge in [0.05, 0.1) is 0 Å². The lowest BCUT2D eigenvalue weighted by Gasteiger charge is -2.06. The lowest BCUT2D eigenvalue weighted by Crippen LogP contribution is -2.16. The predicted molar refractivity (Wildman–Crippen MR) is 71.2 cm³/mol. The topological polar surface area (TPSA) is 48.3 Å². The molecule has 0 N–H and O–H groups in total. The zero-order chi connectivity index (χ0) is 13.8. The van der Waals surface area contributed by atoms with Crippen molar-refractivity contribution in [3.8, 4) is 0 Å². The number of aryl methyl sites for hydroxylation is 1. The Bertz CT molecular complexity index is 599. The first kappa shape index (κ1) is 13.1. The van der Waals surface area contributed by atoms with E-state index >= 15 is 0 Å². The Balaban J connectivity index is 1.98. The van der Waals surface area contributed by atoms with Gasteiger partial charge < -0.3 is 9.30 Å². The van der Waals surface area contributed by atoms with Crippen LogP contribution in [0.4, 0.5) is 0 Å². The highest BCUT2D eigenvalue weighted by Crippen LogP contribution is 2.08. The fourth-order valence-corrected chi connectivity index (χ4v) is 1.73. The normalized spacial score (nSPS) is 10.2. The number of rotatable bonds is 4. The van der Waals surface area contributed by atoms with Gasteiger partial charge in [0, 0.05) is 18.3 Å². The second-order valence-corrected chi connectivity index (χ2v) is 4.28. The zero-order valence-electron chi connectivity index (χ0n) is 10.9. The fraction of sp³-hybridized carbons (Fsp3) is 0.200. The summed E-state index contributed by atoms with van der Waals surface area (Å²) in [4.78, 5) is 23.6. The summed E-state index contributed by atoms with van der Waals surface area (Å²) in [5, 5.41) is 0. The Kier molecular flexibility index (Phi) is 3.80. The molecule has 1 aromatic heterocycles. The maximum atomic E-state index is 11.8. The number of esters is 1. The number of benzene rings is 1. The van der Waals surface area contributed by atoms with Crippen molar-refractivity contribution in [1.82, 2.24) is 4.57 Å². The minimum Gasteiger partial charge on any atom is -0.453 e. The number of aromatic nitrogens is 1. The van der Waals surface area contributed by atoms with Crippen LogP contribution in [0.25, 0.3) is 0 Å². The van der Waals surface area contributed by atoms with E-state index in [4.69, 9.17) is 4.74 Å². The summed E-state index contributed by atoms with van der Waals surface area (Å²) in [7, 11) is 1.78. The van der Waals surface area contributed by atoms with Crippen molar-refractivity contribution in [2.45, 2.75) is 6.92 Å². The quantitative estimate of drug-likeness (QED) is 0.624. The largest absolute Gasteiger partial charge is 0.453 e. The molecule has 0 aliphatic heterocycles. The maximum Gasteiger partial charge on any atom is 0.355 e. The molecule has 0 fully saturated rings. The molecule has 0 amide bonds. The molecule has 0 aliphatic rings. The monoisotopic (exact) mass is 257 g/mol. The van der Waals surface area contributed by atoms with Crippen molar-refractivity contribution < 1.29 is 14.3 Å². The van der Waals surface area contributed by atoms with Crippen LogP contribution in [0.5, 0.6) is 0 Å². The molecular weight excluding hydrogens is 242 g/mol. The molecule has 19 heavy (non-hydrogen) atoms. The summed E-state index contributed by atoms with van der Waals surface area (Å²) in [6, 6.07) is 12.3. The van der Waals surface area contributed by atoms with Crippen molar-refractivity contribution in [1.29, 1.82) is 0 Å². The molecule has 0 aliphatic carbocycles. The number of hydrogen-bond donors (Lipinski definition) is 0. The van der Waals surface area contributed by atoms with E-state index in [1.165, 1.54) is 0 Å². The lowest BCUT2D eigenvalue weighted by molar-refractivity contribution is 0.0465. The van der Waals surface area contributed by atoms with Crippen LogP contribution in [0.1, 0.15) is 26.5 Å². The van der Waals surface area contributed by atoms with Crippen molar-refractivity contribution >= 4 is 11.8 Å². The van der Waals surface area contributed by atoms with Crippen LogP contribution >= 0.6 is 0 Å². The molecule has 98 valence electrons. The van der Waals surface area contributed by atoms with Crippen LogP contribution in [-0.4, -0.2) is 22.9 Å². The highest BCUT2D eigenvalue weighted by atomic mass is 16.5. The standard InChI is InChI=1S/C15H15NO3/c1-11-8-9-13(16(11)2)15(18)19-10-14(17)12-6-4-3-5-7-12/h3-9H,10H2,1-2H3. The summed E-state index contributed by atoms with van der Waals surface area (Å²) in [6.07, 6.45) is 0. The second kappa shape index (κ2) is 5.52. The van der Waals surface area contributed by atoms with Gasteiger partial charge in [-0.15, -0.1) is 0 Å². The third-order valence-electron chi connectivity index (χ3n) is 3.01. The van der Waals surface area contributed by atoms with Crippen LogP contribution in [0.15, 0.2) is 42.5 Å². The van der Waals surface area contributed by atoms with Gasteiger partial charge in [0.2, 0.25) is 0 Å². The highest BCUT2D eigenvalue weighted by molar-refractivity contribution is 5.99. The first-order valence-corrected chi connectivity index (χ1v) is 5.97. The van der Waals surface area contributed by atoms with Crippen LogP contribution in [0.2, 0.25) is 0 Å². The first-order valence-electron chi connectivity index (χ1n) is 5.97. The molecule has 0 radical (unpaired) electrons. The first-order chi connectivity index (χ1) is 9.09. The molecule has 2 rings (SSSR count). The Morgan fingerprint density at radius 3 is 2.37 bits per heavy atom. The Morgan fingerprint density at radius 1 is 1.11 bits per heavy atom. The van der Waals surface area contributed by atoms with E-state index < -0.39 is 5.97 Å². The van der Waals surface area contributed by atoms with Gasteiger partial charge in [0.1, 0.15) is 5.69 Å². The predicted octanol–water partition coefficient (Wildman–Crippen LogP) is 2.37. The van der Waals surface area contributed by atoms with Gasteiger partial charge in [-0.3, -0.25) is 4.79 Å². The fourth-order valence-electron chi connectivity index (χ4n) is 1.73. The van der Waals surface area contributed by atoms with E-state index in [-0.39, 0.29) is 12.4 Å². The highest BCUT2D eigenvalue weighted by Gasteiger charge is 2.14. The molecular formula is C15H15NO3. The molecule has 4 heteroatoms. The SMILES string of the molecule is Cc1ccc(C(=O)OCC(=O)c2ccccc2)n1C. The van der Waals surface area contributed by atoms with Crippen LogP contribution in [-0.2, 0) is 11.8 Å². The average Bonchev–Trinajstić information content (AvgIpc) is 2.77. The summed E-state index contributed by atoms with van der Waals surface area (Å²) >= 11 is 0. The molecule has 1 heterocycles. The van der Waals surface area contributed by atoms with E-state index in [2.05, 4.69) is 0 Å². The smallest absolute Gasteiger partial charge is 0.355 e. The average molecular weight is 257 g/mol. The minimum absolute atomic E-state index is 0.208. The molecule has 2 aromatic rings. The zero-order valence-corrected chi connectivity index (χ0v) is 10.9. The van der Waals surface area contributed by atoms with Crippen LogP contribution < -0.4 is 0 Å². The van der Waals surface area contributed by atoms with Gasteiger partial charge in [0.15, 0.2) is 12.4 Å². The number of carbonyl (C=O) groups excluding carboxylic acids is 2. The Hall–Kier alpha value is -2.36. The minimum atomic E-state index is -0.486. The Morgan fingerprint density at radius 2 is 1.79 bits per heavy atom. The summed E-state index contributed by atoms with van der Waals surface area (Å²) in [5.41, 5.74) is 1.94. The number of Topliss-reactive ketones (excluding diaryl/α,β-unsaturated/α-hetero) is 1. The van der Waals surface area contributed by atoms with Crippen molar-refractivity contribution in [3.63, 3.8) is 0 Å². The summed E-state index contributed by atoms with van der Waals surface area (Å²) in [6.45, 7) is 1.65. The number of ether oxygens (including phenoxy) is 1. The van der Waals surface area contributed by atoms with Gasteiger partial charge in [0.25, 0.3) is 0 Å². The van der Waals surface area contributed by atoms with E-state index in [1.54, 1.807) is 41.9 Å². The van der Waals surface area contributed by atoms with Gasteiger partial charge in [-0.1, -0.05) is 30.3 Å². The molecule has 4 nitrogen and oxygen atoms in total. The summed E-state index contributed by atoms with van der Waals surface area (Å²) < 4.78 is 6.76. The van der Waals surface area contributed by atoms with E-state index in [9.17, 15) is 9.59 Å². The van der Waals surface area contributed by atoms with Gasteiger partial charge in [-0.2, -0.15) is 0 Å². The number of hydrogen-bond acceptors (Lipinski definition) is 3. The number of ketones is 1. The molecule has 1 aromatic carbocycles. The van der Waals surface area contributed by atoms with E-state index in [0.717, 1.165) is 5.69 Å². The van der Waals surface area contributed by atoms with Crippen molar-refractivity contribution in [2.75, 3.05) is 6.61 Å². The molecule has 0 saturated carbocycles. The second-order valence-electron chi connectivity index (χ2n) is 4.28. The van der Waals surface area contributed by atoms with E-state index in [0.29, 0.717) is 11.3 Å². The maximum absolute atomic E-state index is 11.8. The molecule has 0 bridgehead atoms. The number of carbonyl (C=O) groups is 2. The third-order valence-corrected chi connectivity index (χ3v) is 3.01. The van der Waals surface area contributed by atoms with Gasteiger partial charge >= 0.3 is 5.97 Å². The van der Waals surface area contributed by atoms with Gasteiger partial charge in [-0.05, 0) is 19.1 Å². The van der Waals surface area contributed by atoms with Crippen molar-refractivity contribution in [2.24, 2.45) is 7.05 Å².